The average Bonchev–Trinajstić information content (AvgIpc) is 2.69. The van der Waals surface area contributed by atoms with Crippen LogP contribution in [-0.4, -0.2) is 33.4 Å². The van der Waals surface area contributed by atoms with Crippen molar-refractivity contribution in [1.29, 1.82) is 0 Å². The minimum absolute atomic E-state index is 0.0194. The molecule has 0 bridgehead atoms. The Morgan fingerprint density at radius 1 is 1.45 bits per heavy atom. The number of rotatable bonds is 4. The van der Waals surface area contributed by atoms with Crippen LogP contribution in [0.1, 0.15) is 26.7 Å². The number of carbonyl (C=O) groups is 1. The predicted octanol–water partition coefficient (Wildman–Crippen LogP) is 1.80. The van der Waals surface area contributed by atoms with Gasteiger partial charge in [0, 0.05) is 12.5 Å². The van der Waals surface area contributed by atoms with Gasteiger partial charge >= 0.3 is 0 Å². The van der Waals surface area contributed by atoms with Crippen molar-refractivity contribution in [2.75, 3.05) is 11.4 Å². The van der Waals surface area contributed by atoms with Gasteiger partial charge < -0.3 is 9.70 Å². The Balaban J connectivity index is 2.17. The molecule has 1 heterocycles. The molecule has 6 heteroatoms. The first-order valence-corrected chi connectivity index (χ1v) is 10.8. The molecular formula is C16H25BFNO2Si. The topological polar surface area (TPSA) is 40.5 Å². The van der Waals surface area contributed by atoms with E-state index in [0.29, 0.717) is 18.7 Å². The highest BCUT2D eigenvalue weighted by molar-refractivity contribution is 6.72. The summed E-state index contributed by atoms with van der Waals surface area (Å²) in [7, 11) is -0.515. The van der Waals surface area contributed by atoms with Crippen LogP contribution in [-0.2, 0) is 4.79 Å². The Morgan fingerprint density at radius 3 is 2.64 bits per heavy atom. The zero-order chi connectivity index (χ0) is 16.7. The molecule has 120 valence electrons. The molecule has 1 aliphatic heterocycles. The summed E-state index contributed by atoms with van der Waals surface area (Å²) in [6, 6.07) is 4.97. The lowest BCUT2D eigenvalue weighted by molar-refractivity contribution is -0.120. The van der Waals surface area contributed by atoms with Crippen LogP contribution in [0.5, 0.6) is 0 Å². The van der Waals surface area contributed by atoms with E-state index in [4.69, 9.17) is 0 Å². The van der Waals surface area contributed by atoms with Crippen molar-refractivity contribution >= 4 is 33.2 Å². The first kappa shape index (κ1) is 17.2. The minimum Gasteiger partial charge on any atom is -0.432 e. The molecular weight excluding hydrogens is 296 g/mol. The number of hydrogen-bond donors (Lipinski definition) is 1. The van der Waals surface area contributed by atoms with Crippen LogP contribution in [0.4, 0.5) is 10.1 Å². The van der Waals surface area contributed by atoms with E-state index >= 15 is 0 Å². The quantitative estimate of drug-likeness (QED) is 0.859. The summed E-state index contributed by atoms with van der Waals surface area (Å²) in [5.74, 6) is -0.492. The van der Waals surface area contributed by atoms with E-state index in [2.05, 4.69) is 0 Å². The first-order chi connectivity index (χ1) is 10.0. The maximum Gasteiger partial charge on any atom is 0.230 e. The van der Waals surface area contributed by atoms with E-state index in [1.807, 2.05) is 40.9 Å². The Hall–Kier alpha value is -1.14. The zero-order valence-electron chi connectivity index (χ0n) is 14.1. The fourth-order valence-electron chi connectivity index (χ4n) is 2.86. The van der Waals surface area contributed by atoms with E-state index in [9.17, 15) is 14.0 Å². The lowest BCUT2D eigenvalue weighted by Gasteiger charge is -2.36. The van der Waals surface area contributed by atoms with E-state index < -0.39 is 8.32 Å². The number of amides is 1. The number of nitrogens with zero attached hydrogens (tertiary/aromatic N) is 1. The van der Waals surface area contributed by atoms with Gasteiger partial charge in [-0.25, -0.2) is 4.39 Å². The predicted molar refractivity (Wildman–Crippen MR) is 93.4 cm³/mol. The summed E-state index contributed by atoms with van der Waals surface area (Å²) in [4.78, 5) is 24.6. The lowest BCUT2D eigenvalue weighted by Crippen LogP contribution is -2.41. The van der Waals surface area contributed by atoms with Gasteiger partial charge in [-0.05, 0) is 43.1 Å². The van der Waals surface area contributed by atoms with Crippen LogP contribution >= 0.6 is 0 Å². The van der Waals surface area contributed by atoms with Crippen molar-refractivity contribution in [3.8, 4) is 0 Å². The zero-order valence-corrected chi connectivity index (χ0v) is 15.1. The maximum absolute atomic E-state index is 14.1. The van der Waals surface area contributed by atoms with Crippen LogP contribution in [0.2, 0.25) is 18.1 Å². The third-order valence-electron chi connectivity index (χ3n) is 5.12. The highest BCUT2D eigenvalue weighted by Crippen LogP contribution is 2.44. The molecule has 1 fully saturated rings. The van der Waals surface area contributed by atoms with Gasteiger partial charge in [-0.3, -0.25) is 4.79 Å². The molecule has 1 unspecified atom stereocenters. The second kappa shape index (κ2) is 5.81. The Kier molecular flexibility index (Phi) is 4.55. The number of hydrogen-bond acceptors (Lipinski definition) is 2. The summed E-state index contributed by atoms with van der Waals surface area (Å²) >= 11 is 0. The second-order valence-corrected chi connectivity index (χ2v) is 12.0. The molecule has 3 nitrogen and oxygen atoms in total. The summed E-state index contributed by atoms with van der Waals surface area (Å²) in [5, 5.41) is -0.241. The van der Waals surface area contributed by atoms with Crippen molar-refractivity contribution < 1.29 is 14.0 Å². The number of anilines is 1. The maximum atomic E-state index is 14.1. The largest absolute Gasteiger partial charge is 0.432 e. The van der Waals surface area contributed by atoms with Gasteiger partial charge in [0.15, 0.2) is 8.32 Å². The Morgan fingerprint density at radius 2 is 2.09 bits per heavy atom. The molecule has 1 aliphatic rings. The van der Waals surface area contributed by atoms with Crippen LogP contribution in [0, 0.1) is 11.7 Å². The first-order valence-electron chi connectivity index (χ1n) is 7.83. The van der Waals surface area contributed by atoms with E-state index in [1.165, 1.54) is 6.07 Å². The van der Waals surface area contributed by atoms with Gasteiger partial charge in [-0.2, -0.15) is 0 Å². The molecule has 1 saturated heterocycles. The van der Waals surface area contributed by atoms with E-state index in [-0.39, 0.29) is 22.7 Å². The molecule has 0 aliphatic carbocycles. The monoisotopic (exact) mass is 321 g/mol. The molecule has 1 aromatic rings. The third kappa shape index (κ3) is 3.28. The second-order valence-electron chi connectivity index (χ2n) is 7.58. The average molecular weight is 321 g/mol. The van der Waals surface area contributed by atoms with Crippen LogP contribution in [0.25, 0.3) is 0 Å². The normalized spacial score (nSPS) is 19.8. The van der Waals surface area contributed by atoms with E-state index in [0.717, 1.165) is 11.9 Å². The highest BCUT2D eigenvalue weighted by atomic mass is 28.4. The van der Waals surface area contributed by atoms with Crippen molar-refractivity contribution in [1.82, 2.24) is 0 Å². The molecule has 0 saturated carbocycles. The summed E-state index contributed by atoms with van der Waals surface area (Å²) in [6.07, 6.45) is 1.38. The molecule has 1 aromatic carbocycles. The third-order valence-corrected chi connectivity index (χ3v) is 8.64. The molecule has 2 rings (SSSR count). The molecule has 1 N–H and O–H groups in total. The van der Waals surface area contributed by atoms with Gasteiger partial charge in [-0.15, -0.1) is 0 Å². The van der Waals surface area contributed by atoms with Crippen molar-refractivity contribution in [2.24, 2.45) is 5.92 Å². The molecule has 1 amide bonds. The number of benzene rings is 1. The van der Waals surface area contributed by atoms with Crippen LogP contribution in [0.15, 0.2) is 18.2 Å². The van der Waals surface area contributed by atoms with Gasteiger partial charge in [0.1, 0.15) is 13.7 Å². The summed E-state index contributed by atoms with van der Waals surface area (Å²) < 4.78 is 14.1. The molecule has 0 radical (unpaired) electrons. The molecule has 0 aromatic heterocycles. The number of carbonyl (C=O) groups excluding carboxylic acids is 1. The van der Waals surface area contributed by atoms with Gasteiger partial charge in [0.05, 0.1) is 5.69 Å². The summed E-state index contributed by atoms with van der Waals surface area (Å²) in [5.41, 5.74) is 1.22. The van der Waals surface area contributed by atoms with Gasteiger partial charge in [0.25, 0.3) is 0 Å². The van der Waals surface area contributed by atoms with Crippen LogP contribution in [0.3, 0.4) is 0 Å². The molecule has 1 atom stereocenters. The molecule has 0 spiro atoms. The van der Waals surface area contributed by atoms with E-state index in [1.54, 1.807) is 11.0 Å². The standard InChI is InChI=1S/C16H25BFNO2Si/c1-16(2,22(3,4)21)10-11-7-8-19(15(11)20)14-6-5-12(17)9-13(14)18/h5-6,9,11,21H,7-8,10,17H2,1-4H3. The van der Waals surface area contributed by atoms with Crippen molar-refractivity contribution in [2.45, 2.75) is 44.8 Å². The fraction of sp³-hybridized carbons (Fsp3) is 0.562. The smallest absolute Gasteiger partial charge is 0.230 e. The summed E-state index contributed by atoms with van der Waals surface area (Å²) in [6.45, 7) is 8.42. The Bertz CT molecular complexity index is 586. The Labute approximate surface area is 134 Å². The van der Waals surface area contributed by atoms with Crippen molar-refractivity contribution in [3.05, 3.63) is 24.0 Å². The SMILES string of the molecule is Bc1ccc(N2CCC(CC(C)(C)[Si](C)(C)O)C2=O)c(F)c1. The minimum atomic E-state index is -2.35. The van der Waals surface area contributed by atoms with Gasteiger partial charge in [-0.1, -0.05) is 25.4 Å². The van der Waals surface area contributed by atoms with Crippen molar-refractivity contribution in [3.63, 3.8) is 0 Å². The van der Waals surface area contributed by atoms with Gasteiger partial charge in [0.2, 0.25) is 5.91 Å². The lowest BCUT2D eigenvalue weighted by atomic mass is 9.94. The van der Waals surface area contributed by atoms with Crippen LogP contribution < -0.4 is 10.4 Å². The number of halogens is 1. The fourth-order valence-corrected chi connectivity index (χ4v) is 3.61. The molecule has 22 heavy (non-hydrogen) atoms. The highest BCUT2D eigenvalue weighted by Gasteiger charge is 2.44.